The van der Waals surface area contributed by atoms with Crippen LogP contribution in [-0.4, -0.2) is 12.5 Å². The van der Waals surface area contributed by atoms with Crippen molar-refractivity contribution in [2.24, 2.45) is 0 Å². The molecule has 3 nitrogen and oxygen atoms in total. The normalized spacial score (nSPS) is 19.2. The molecule has 1 aliphatic heterocycles. The van der Waals surface area contributed by atoms with Crippen LogP contribution >= 0.6 is 0 Å². The third-order valence-electron chi connectivity index (χ3n) is 4.29. The summed E-state index contributed by atoms with van der Waals surface area (Å²) in [5.41, 5.74) is 11.2. The summed E-state index contributed by atoms with van der Waals surface area (Å²) >= 11 is 0. The number of carbonyl (C=O) groups is 1. The molecule has 3 rings (SSSR count). The van der Waals surface area contributed by atoms with Crippen LogP contribution in [0.2, 0.25) is 0 Å². The molecule has 1 heterocycles. The Morgan fingerprint density at radius 2 is 2.10 bits per heavy atom. The molecule has 0 bridgehead atoms. The van der Waals surface area contributed by atoms with Crippen LogP contribution in [0.3, 0.4) is 0 Å². The predicted molar refractivity (Wildman–Crippen MR) is 83.7 cm³/mol. The number of anilines is 2. The van der Waals surface area contributed by atoms with Gasteiger partial charge in [-0.3, -0.25) is 4.79 Å². The van der Waals surface area contributed by atoms with Gasteiger partial charge < -0.3 is 10.6 Å². The van der Waals surface area contributed by atoms with Crippen molar-refractivity contribution in [3.05, 3.63) is 29.8 Å². The van der Waals surface area contributed by atoms with Gasteiger partial charge in [-0.2, -0.15) is 0 Å². The molecule has 0 radical (unpaired) electrons. The number of nitrogen functional groups attached to an aromatic ring is 1. The fraction of sp³-hybridized carbons (Fsp3) is 0.471. The molecule has 0 unspecified atom stereocenters. The van der Waals surface area contributed by atoms with Gasteiger partial charge in [0.15, 0.2) is 0 Å². The molecule has 0 aromatic heterocycles. The fourth-order valence-electron chi connectivity index (χ4n) is 3.01. The third kappa shape index (κ3) is 2.33. The Morgan fingerprint density at radius 1 is 1.35 bits per heavy atom. The standard InChI is InChI=1S/C17H22N2O/c1-11(2)13-9-14(12-6-7-12)16(10-15(13)18)19-8-4-3-5-17(19)20/h9-10,12H,1,3-8,18H2,2H3. The molecule has 3 heteroatoms. The average molecular weight is 270 g/mol. The Balaban J connectivity index is 2.07. The Morgan fingerprint density at radius 3 is 2.70 bits per heavy atom. The summed E-state index contributed by atoms with van der Waals surface area (Å²) in [6.45, 7) is 6.81. The van der Waals surface area contributed by atoms with Gasteiger partial charge >= 0.3 is 0 Å². The highest BCUT2D eigenvalue weighted by atomic mass is 16.2. The highest BCUT2D eigenvalue weighted by Crippen LogP contribution is 2.46. The number of nitrogens with two attached hydrogens (primary N) is 1. The molecule has 106 valence electrons. The van der Waals surface area contributed by atoms with E-state index in [0.717, 1.165) is 41.9 Å². The van der Waals surface area contributed by atoms with Crippen LogP contribution in [0.15, 0.2) is 18.7 Å². The smallest absolute Gasteiger partial charge is 0.226 e. The number of amides is 1. The van der Waals surface area contributed by atoms with Crippen molar-refractivity contribution in [3.63, 3.8) is 0 Å². The summed E-state index contributed by atoms with van der Waals surface area (Å²) < 4.78 is 0. The number of allylic oxidation sites excluding steroid dienone is 1. The van der Waals surface area contributed by atoms with E-state index in [4.69, 9.17) is 5.73 Å². The molecule has 0 spiro atoms. The largest absolute Gasteiger partial charge is 0.398 e. The van der Waals surface area contributed by atoms with E-state index in [0.29, 0.717) is 12.3 Å². The fourth-order valence-corrected chi connectivity index (χ4v) is 3.01. The molecular weight excluding hydrogens is 248 g/mol. The Bertz CT molecular complexity index is 573. The Kier molecular flexibility index (Phi) is 3.28. The lowest BCUT2D eigenvalue weighted by Crippen LogP contribution is -2.36. The van der Waals surface area contributed by atoms with Crippen LogP contribution < -0.4 is 10.6 Å². The van der Waals surface area contributed by atoms with Crippen molar-refractivity contribution in [2.75, 3.05) is 17.2 Å². The summed E-state index contributed by atoms with van der Waals surface area (Å²) in [7, 11) is 0. The zero-order valence-electron chi connectivity index (χ0n) is 12.1. The maximum atomic E-state index is 12.2. The lowest BCUT2D eigenvalue weighted by Gasteiger charge is -2.29. The van der Waals surface area contributed by atoms with Gasteiger partial charge in [-0.15, -0.1) is 0 Å². The molecule has 2 aliphatic rings. The van der Waals surface area contributed by atoms with Gasteiger partial charge in [0, 0.05) is 29.9 Å². The monoisotopic (exact) mass is 270 g/mol. The topological polar surface area (TPSA) is 46.3 Å². The summed E-state index contributed by atoms with van der Waals surface area (Å²) in [6, 6.07) is 4.15. The van der Waals surface area contributed by atoms with E-state index in [9.17, 15) is 4.79 Å². The minimum absolute atomic E-state index is 0.237. The maximum Gasteiger partial charge on any atom is 0.226 e. The van der Waals surface area contributed by atoms with Crippen LogP contribution in [0.5, 0.6) is 0 Å². The quantitative estimate of drug-likeness (QED) is 0.851. The molecule has 1 saturated heterocycles. The van der Waals surface area contributed by atoms with Crippen LogP contribution in [0.25, 0.3) is 5.57 Å². The molecule has 2 fully saturated rings. The summed E-state index contributed by atoms with van der Waals surface area (Å²) in [4.78, 5) is 14.1. The number of piperidine rings is 1. The van der Waals surface area contributed by atoms with Crippen LogP contribution in [-0.2, 0) is 4.79 Å². The molecule has 1 amide bonds. The van der Waals surface area contributed by atoms with E-state index in [1.165, 1.54) is 18.4 Å². The second kappa shape index (κ2) is 4.97. The number of nitrogens with zero attached hydrogens (tertiary/aromatic N) is 1. The van der Waals surface area contributed by atoms with Gasteiger partial charge in [-0.1, -0.05) is 6.58 Å². The number of rotatable bonds is 3. The van der Waals surface area contributed by atoms with Crippen molar-refractivity contribution in [1.29, 1.82) is 0 Å². The highest BCUT2D eigenvalue weighted by Gasteiger charge is 2.31. The molecular formula is C17H22N2O. The van der Waals surface area contributed by atoms with Crippen molar-refractivity contribution >= 4 is 22.9 Å². The zero-order valence-corrected chi connectivity index (χ0v) is 12.1. The minimum Gasteiger partial charge on any atom is -0.398 e. The van der Waals surface area contributed by atoms with Crippen molar-refractivity contribution in [1.82, 2.24) is 0 Å². The van der Waals surface area contributed by atoms with E-state index >= 15 is 0 Å². The summed E-state index contributed by atoms with van der Waals surface area (Å²) in [6.07, 6.45) is 5.18. The zero-order chi connectivity index (χ0) is 14.3. The summed E-state index contributed by atoms with van der Waals surface area (Å²) in [5, 5.41) is 0. The predicted octanol–water partition coefficient (Wildman–Crippen LogP) is 3.70. The van der Waals surface area contributed by atoms with E-state index < -0.39 is 0 Å². The van der Waals surface area contributed by atoms with Crippen molar-refractivity contribution in [3.8, 4) is 0 Å². The minimum atomic E-state index is 0.237. The SMILES string of the molecule is C=C(C)c1cc(C2CC2)c(N2CCCCC2=O)cc1N. The van der Waals surface area contributed by atoms with E-state index in [1.807, 2.05) is 17.9 Å². The molecule has 1 saturated carbocycles. The lowest BCUT2D eigenvalue weighted by molar-refractivity contribution is -0.119. The van der Waals surface area contributed by atoms with Crippen LogP contribution in [0.4, 0.5) is 11.4 Å². The molecule has 20 heavy (non-hydrogen) atoms. The molecule has 2 N–H and O–H groups in total. The van der Waals surface area contributed by atoms with Crippen molar-refractivity contribution in [2.45, 2.75) is 44.9 Å². The molecule has 1 aromatic carbocycles. The Hall–Kier alpha value is -1.77. The van der Waals surface area contributed by atoms with Gasteiger partial charge in [0.25, 0.3) is 0 Å². The number of hydrogen-bond acceptors (Lipinski definition) is 2. The first-order chi connectivity index (χ1) is 9.58. The average Bonchev–Trinajstić information content (AvgIpc) is 3.23. The number of hydrogen-bond donors (Lipinski definition) is 1. The number of carbonyl (C=O) groups excluding carboxylic acids is 1. The van der Waals surface area contributed by atoms with Crippen molar-refractivity contribution < 1.29 is 4.79 Å². The molecule has 0 atom stereocenters. The van der Waals surface area contributed by atoms with Gasteiger partial charge in [0.1, 0.15) is 0 Å². The Labute approximate surface area is 120 Å². The van der Waals surface area contributed by atoms with E-state index in [1.54, 1.807) is 0 Å². The molecule has 1 aromatic rings. The number of benzene rings is 1. The van der Waals surface area contributed by atoms with Crippen LogP contribution in [0, 0.1) is 0 Å². The molecule has 1 aliphatic carbocycles. The van der Waals surface area contributed by atoms with Gasteiger partial charge in [-0.25, -0.2) is 0 Å². The maximum absolute atomic E-state index is 12.2. The van der Waals surface area contributed by atoms with E-state index in [2.05, 4.69) is 12.6 Å². The first-order valence-corrected chi connectivity index (χ1v) is 7.47. The van der Waals surface area contributed by atoms with Gasteiger partial charge in [0.2, 0.25) is 5.91 Å². The van der Waals surface area contributed by atoms with E-state index in [-0.39, 0.29) is 5.91 Å². The second-order valence-electron chi connectivity index (χ2n) is 6.06. The van der Waals surface area contributed by atoms with Gasteiger partial charge in [0.05, 0.1) is 0 Å². The first-order valence-electron chi connectivity index (χ1n) is 7.47. The second-order valence-corrected chi connectivity index (χ2v) is 6.06. The first kappa shape index (κ1) is 13.2. The highest BCUT2D eigenvalue weighted by molar-refractivity contribution is 5.96. The van der Waals surface area contributed by atoms with Crippen LogP contribution in [0.1, 0.15) is 56.1 Å². The third-order valence-corrected chi connectivity index (χ3v) is 4.29. The lowest BCUT2D eigenvalue weighted by atomic mass is 9.97. The van der Waals surface area contributed by atoms with Gasteiger partial charge in [-0.05, 0) is 61.8 Å². The summed E-state index contributed by atoms with van der Waals surface area (Å²) in [5.74, 6) is 0.832.